The zero-order chi connectivity index (χ0) is 14.4. The summed E-state index contributed by atoms with van der Waals surface area (Å²) in [4.78, 5) is 0. The van der Waals surface area contributed by atoms with Crippen LogP contribution >= 0.6 is 23.2 Å². The van der Waals surface area contributed by atoms with Gasteiger partial charge in [-0.1, -0.05) is 69.8 Å². The number of halogens is 2. The van der Waals surface area contributed by atoms with Gasteiger partial charge < -0.3 is 5.32 Å². The number of hydrogen-bond acceptors (Lipinski definition) is 1. The van der Waals surface area contributed by atoms with Crippen LogP contribution in [0.25, 0.3) is 0 Å². The van der Waals surface area contributed by atoms with E-state index in [1.165, 1.54) is 18.4 Å². The molecule has 0 amide bonds. The van der Waals surface area contributed by atoms with E-state index < -0.39 is 0 Å². The first-order valence-corrected chi connectivity index (χ1v) is 7.93. The quantitative estimate of drug-likeness (QED) is 0.700. The molecule has 1 aromatic carbocycles. The molecule has 1 N–H and O–H groups in total. The fourth-order valence-electron chi connectivity index (χ4n) is 2.52. The van der Waals surface area contributed by atoms with Gasteiger partial charge in [0.25, 0.3) is 0 Å². The fraction of sp³-hybridized carbons (Fsp3) is 0.625. The number of hydrogen-bond donors (Lipinski definition) is 1. The van der Waals surface area contributed by atoms with Crippen molar-refractivity contribution < 1.29 is 0 Å². The highest BCUT2D eigenvalue weighted by atomic mass is 35.5. The summed E-state index contributed by atoms with van der Waals surface area (Å²) in [5.74, 6) is 1.16. The van der Waals surface area contributed by atoms with Crippen LogP contribution in [0.1, 0.15) is 52.0 Å². The zero-order valence-electron chi connectivity index (χ0n) is 12.3. The summed E-state index contributed by atoms with van der Waals surface area (Å²) in [6.45, 7) is 9.86. The maximum atomic E-state index is 6.16. The minimum absolute atomic E-state index is 0.493. The smallest absolute Gasteiger partial charge is 0.0595 e. The summed E-state index contributed by atoms with van der Waals surface area (Å²) in [5, 5.41) is 4.83. The van der Waals surface area contributed by atoms with Gasteiger partial charge >= 0.3 is 0 Å². The standard InChI is InChI=1S/C16H25Cl2N/c1-5-12(6-2)14(10-19-11(3)4)13-7-8-15(17)16(18)9-13/h7-9,11-12,14,19H,5-6,10H2,1-4H3. The highest BCUT2D eigenvalue weighted by molar-refractivity contribution is 6.42. The van der Waals surface area contributed by atoms with Crippen molar-refractivity contribution in [2.24, 2.45) is 5.92 Å². The fourth-order valence-corrected chi connectivity index (χ4v) is 2.83. The average Bonchev–Trinajstić information content (AvgIpc) is 2.37. The van der Waals surface area contributed by atoms with Crippen LogP contribution in [0.15, 0.2) is 18.2 Å². The molecule has 3 heteroatoms. The molecule has 1 nitrogen and oxygen atoms in total. The lowest BCUT2D eigenvalue weighted by Gasteiger charge is -2.27. The van der Waals surface area contributed by atoms with Gasteiger partial charge in [0.15, 0.2) is 0 Å². The molecule has 1 atom stereocenters. The molecule has 0 aliphatic rings. The van der Waals surface area contributed by atoms with Crippen LogP contribution in [-0.4, -0.2) is 12.6 Å². The van der Waals surface area contributed by atoms with Crippen molar-refractivity contribution in [3.05, 3.63) is 33.8 Å². The van der Waals surface area contributed by atoms with E-state index in [-0.39, 0.29) is 0 Å². The second-order valence-electron chi connectivity index (χ2n) is 5.42. The van der Waals surface area contributed by atoms with E-state index in [2.05, 4.69) is 39.1 Å². The highest BCUT2D eigenvalue weighted by Gasteiger charge is 2.21. The van der Waals surface area contributed by atoms with Gasteiger partial charge in [0.1, 0.15) is 0 Å². The van der Waals surface area contributed by atoms with Crippen LogP contribution in [0.5, 0.6) is 0 Å². The second-order valence-corrected chi connectivity index (χ2v) is 6.23. The third-order valence-corrected chi connectivity index (χ3v) is 4.47. The Bertz CT molecular complexity index is 386. The van der Waals surface area contributed by atoms with Crippen LogP contribution in [0, 0.1) is 5.92 Å². The minimum Gasteiger partial charge on any atom is -0.314 e. The van der Waals surface area contributed by atoms with Gasteiger partial charge in [-0.05, 0) is 29.5 Å². The van der Waals surface area contributed by atoms with Crippen molar-refractivity contribution >= 4 is 23.2 Å². The van der Waals surface area contributed by atoms with Gasteiger partial charge in [-0.25, -0.2) is 0 Å². The lowest BCUT2D eigenvalue weighted by molar-refractivity contribution is 0.370. The first-order chi connectivity index (χ1) is 8.99. The Kier molecular flexibility index (Phi) is 7.20. The summed E-state index contributed by atoms with van der Waals surface area (Å²) >= 11 is 12.2. The molecule has 0 spiro atoms. The molecule has 1 aromatic rings. The van der Waals surface area contributed by atoms with Crippen molar-refractivity contribution in [1.82, 2.24) is 5.32 Å². The number of benzene rings is 1. The van der Waals surface area contributed by atoms with E-state index in [0.717, 1.165) is 6.54 Å². The zero-order valence-corrected chi connectivity index (χ0v) is 13.9. The van der Waals surface area contributed by atoms with Gasteiger partial charge in [-0.3, -0.25) is 0 Å². The first-order valence-electron chi connectivity index (χ1n) is 7.17. The largest absolute Gasteiger partial charge is 0.314 e. The lowest BCUT2D eigenvalue weighted by Crippen LogP contribution is -2.31. The molecular weight excluding hydrogens is 277 g/mol. The summed E-state index contributed by atoms with van der Waals surface area (Å²) in [5.41, 5.74) is 1.29. The van der Waals surface area contributed by atoms with E-state index in [1.54, 1.807) is 0 Å². The van der Waals surface area contributed by atoms with E-state index in [0.29, 0.717) is 27.9 Å². The van der Waals surface area contributed by atoms with Crippen LogP contribution in [0.4, 0.5) is 0 Å². The SMILES string of the molecule is CCC(CC)C(CNC(C)C)c1ccc(Cl)c(Cl)c1. The Labute approximate surface area is 127 Å². The summed E-state index contributed by atoms with van der Waals surface area (Å²) in [6, 6.07) is 6.54. The van der Waals surface area contributed by atoms with Crippen LogP contribution in [0.3, 0.4) is 0 Å². The molecule has 108 valence electrons. The third-order valence-electron chi connectivity index (χ3n) is 3.74. The van der Waals surface area contributed by atoms with E-state index in [9.17, 15) is 0 Å². The summed E-state index contributed by atoms with van der Waals surface area (Å²) in [6.07, 6.45) is 2.36. The molecular formula is C16H25Cl2N. The first kappa shape index (κ1) is 16.8. The van der Waals surface area contributed by atoms with Crippen molar-refractivity contribution in [1.29, 1.82) is 0 Å². The maximum absolute atomic E-state index is 6.16. The second kappa shape index (κ2) is 8.14. The third kappa shape index (κ3) is 4.98. The topological polar surface area (TPSA) is 12.0 Å². The van der Waals surface area contributed by atoms with E-state index >= 15 is 0 Å². The molecule has 0 aliphatic heterocycles. The Morgan fingerprint density at radius 1 is 1.05 bits per heavy atom. The maximum Gasteiger partial charge on any atom is 0.0595 e. The molecule has 19 heavy (non-hydrogen) atoms. The average molecular weight is 302 g/mol. The Morgan fingerprint density at radius 3 is 2.16 bits per heavy atom. The molecule has 0 aliphatic carbocycles. The van der Waals surface area contributed by atoms with Gasteiger partial charge in [0.05, 0.1) is 10.0 Å². The van der Waals surface area contributed by atoms with Gasteiger partial charge in [-0.15, -0.1) is 0 Å². The normalized spacial score (nSPS) is 13.3. The summed E-state index contributed by atoms with van der Waals surface area (Å²) in [7, 11) is 0. The Morgan fingerprint density at radius 2 is 1.68 bits per heavy atom. The van der Waals surface area contributed by atoms with Gasteiger partial charge in [-0.2, -0.15) is 0 Å². The molecule has 0 aromatic heterocycles. The molecule has 0 saturated carbocycles. The number of rotatable bonds is 7. The molecule has 0 saturated heterocycles. The van der Waals surface area contributed by atoms with Gasteiger partial charge in [0, 0.05) is 12.6 Å². The number of nitrogens with one attached hydrogen (secondary N) is 1. The van der Waals surface area contributed by atoms with Crippen molar-refractivity contribution in [3.63, 3.8) is 0 Å². The van der Waals surface area contributed by atoms with E-state index in [1.807, 2.05) is 12.1 Å². The van der Waals surface area contributed by atoms with Crippen molar-refractivity contribution in [2.75, 3.05) is 6.54 Å². The van der Waals surface area contributed by atoms with Crippen LogP contribution in [-0.2, 0) is 0 Å². The predicted octanol–water partition coefficient (Wildman–Crippen LogP) is 5.51. The molecule has 0 fully saturated rings. The van der Waals surface area contributed by atoms with Crippen molar-refractivity contribution in [3.8, 4) is 0 Å². The van der Waals surface area contributed by atoms with Crippen LogP contribution in [0.2, 0.25) is 10.0 Å². The highest BCUT2D eigenvalue weighted by Crippen LogP contribution is 2.33. The predicted molar refractivity (Wildman–Crippen MR) is 86.4 cm³/mol. The molecule has 1 rings (SSSR count). The molecule has 0 bridgehead atoms. The van der Waals surface area contributed by atoms with Crippen LogP contribution < -0.4 is 5.32 Å². The Hall–Kier alpha value is -0.240. The van der Waals surface area contributed by atoms with E-state index in [4.69, 9.17) is 23.2 Å². The molecule has 1 unspecified atom stereocenters. The van der Waals surface area contributed by atoms with Gasteiger partial charge in [0.2, 0.25) is 0 Å². The Balaban J connectivity index is 2.96. The monoisotopic (exact) mass is 301 g/mol. The minimum atomic E-state index is 0.493. The summed E-state index contributed by atoms with van der Waals surface area (Å²) < 4.78 is 0. The van der Waals surface area contributed by atoms with Crippen molar-refractivity contribution in [2.45, 2.75) is 52.5 Å². The molecule has 0 heterocycles. The molecule has 0 radical (unpaired) electrons. The lowest BCUT2D eigenvalue weighted by atomic mass is 9.82.